The summed E-state index contributed by atoms with van der Waals surface area (Å²) in [5.74, 6) is 0.0340. The topological polar surface area (TPSA) is 111 Å². The fourth-order valence-electron chi connectivity index (χ4n) is 2.35. The number of aromatic amines is 1. The monoisotopic (exact) mass is 356 g/mol. The van der Waals surface area contributed by atoms with Gasteiger partial charge in [-0.3, -0.25) is 4.79 Å². The number of nitrogens with two attached hydrogens (primary N) is 1. The molecule has 0 radical (unpaired) electrons. The molecule has 0 saturated carbocycles. The van der Waals surface area contributed by atoms with E-state index >= 15 is 0 Å². The van der Waals surface area contributed by atoms with Gasteiger partial charge in [-0.25, -0.2) is 14.8 Å². The Hall–Kier alpha value is -2.87. The second kappa shape index (κ2) is 7.35. The Balaban J connectivity index is 1.82. The normalized spacial score (nSPS) is 10.8. The third-order valence-electron chi connectivity index (χ3n) is 3.48. The van der Waals surface area contributed by atoms with Crippen molar-refractivity contribution in [3.63, 3.8) is 0 Å². The molecule has 3 rings (SSSR count). The average molecular weight is 356 g/mol. The molecule has 0 bridgehead atoms. The lowest BCUT2D eigenvalue weighted by Crippen LogP contribution is -2.10. The van der Waals surface area contributed by atoms with Crippen molar-refractivity contribution >= 4 is 34.5 Å². The Morgan fingerprint density at radius 1 is 1.36 bits per heavy atom. The van der Waals surface area contributed by atoms with Crippen molar-refractivity contribution < 1.29 is 9.53 Å². The van der Waals surface area contributed by atoms with Crippen LogP contribution in [-0.2, 0) is 10.5 Å². The summed E-state index contributed by atoms with van der Waals surface area (Å²) in [6.45, 7) is 1.97. The first-order valence-corrected chi connectivity index (χ1v) is 8.60. The summed E-state index contributed by atoms with van der Waals surface area (Å²) in [5.41, 5.74) is 7.46. The summed E-state index contributed by atoms with van der Waals surface area (Å²) in [7, 11) is 0. The van der Waals surface area contributed by atoms with Crippen molar-refractivity contribution in [3.8, 4) is 0 Å². The summed E-state index contributed by atoms with van der Waals surface area (Å²) in [4.78, 5) is 34.6. The summed E-state index contributed by atoms with van der Waals surface area (Å²) in [6.07, 6.45) is 1.36. The fraction of sp³-hybridized carbons (Fsp3) is 0.176. The van der Waals surface area contributed by atoms with Crippen LogP contribution in [-0.4, -0.2) is 27.5 Å². The number of rotatable bonds is 5. The van der Waals surface area contributed by atoms with E-state index in [4.69, 9.17) is 10.5 Å². The predicted octanol–water partition coefficient (Wildman–Crippen LogP) is 2.37. The largest absolute Gasteiger partial charge is 0.462 e. The number of carbonyl (C=O) groups is 1. The highest BCUT2D eigenvalue weighted by atomic mass is 32.2. The second-order valence-corrected chi connectivity index (χ2v) is 6.11. The maximum Gasteiger partial charge on any atom is 0.343 e. The number of thioether (sulfide) groups is 1. The van der Waals surface area contributed by atoms with E-state index in [1.807, 2.05) is 24.3 Å². The van der Waals surface area contributed by atoms with Gasteiger partial charge in [-0.15, -0.1) is 0 Å². The molecule has 0 fully saturated rings. The zero-order valence-electron chi connectivity index (χ0n) is 13.5. The van der Waals surface area contributed by atoms with Crippen LogP contribution < -0.4 is 11.3 Å². The lowest BCUT2D eigenvalue weighted by atomic mass is 10.1. The molecule has 1 aromatic carbocycles. The van der Waals surface area contributed by atoms with Crippen molar-refractivity contribution in [2.24, 2.45) is 0 Å². The minimum Gasteiger partial charge on any atom is -0.462 e. The molecule has 0 atom stereocenters. The molecule has 3 N–H and O–H groups in total. The number of hydrogen-bond acceptors (Lipinski definition) is 7. The van der Waals surface area contributed by atoms with Gasteiger partial charge in [-0.05, 0) is 18.6 Å². The molecule has 128 valence electrons. The number of ether oxygens (including phenoxy) is 1. The van der Waals surface area contributed by atoms with Gasteiger partial charge in [-0.2, -0.15) is 0 Å². The first kappa shape index (κ1) is 17.0. The molecule has 3 aromatic rings. The van der Waals surface area contributed by atoms with Crippen LogP contribution in [0.25, 0.3) is 10.9 Å². The number of para-hydroxylation sites is 1. The molecule has 0 saturated heterocycles. The van der Waals surface area contributed by atoms with Crippen molar-refractivity contribution in [3.05, 3.63) is 58.0 Å². The number of fused-ring (bicyclic) bond motifs is 1. The third-order valence-corrected chi connectivity index (χ3v) is 4.39. The quantitative estimate of drug-likeness (QED) is 0.410. The number of carbonyl (C=O) groups excluding carboxylic acids is 1. The van der Waals surface area contributed by atoms with E-state index in [0.717, 1.165) is 16.5 Å². The lowest BCUT2D eigenvalue weighted by Gasteiger charge is -2.07. The van der Waals surface area contributed by atoms with E-state index in [1.54, 1.807) is 13.0 Å². The minimum absolute atomic E-state index is 0.0757. The first-order valence-electron chi connectivity index (χ1n) is 7.62. The minimum atomic E-state index is -0.544. The molecule has 0 aliphatic carbocycles. The van der Waals surface area contributed by atoms with Crippen LogP contribution in [0.5, 0.6) is 0 Å². The molecular weight excluding hydrogens is 340 g/mol. The molecule has 0 unspecified atom stereocenters. The zero-order valence-corrected chi connectivity index (χ0v) is 14.3. The van der Waals surface area contributed by atoms with E-state index in [9.17, 15) is 9.59 Å². The number of benzene rings is 1. The van der Waals surface area contributed by atoms with Gasteiger partial charge in [-0.1, -0.05) is 30.0 Å². The van der Waals surface area contributed by atoms with Gasteiger partial charge in [0.05, 0.1) is 6.61 Å². The second-order valence-electron chi connectivity index (χ2n) is 5.17. The van der Waals surface area contributed by atoms with E-state index in [1.165, 1.54) is 18.0 Å². The summed E-state index contributed by atoms with van der Waals surface area (Å²) in [5, 5.41) is 1.39. The Bertz CT molecular complexity index is 987. The summed E-state index contributed by atoms with van der Waals surface area (Å²) < 4.78 is 4.90. The number of esters is 1. The van der Waals surface area contributed by atoms with Crippen LogP contribution in [0.1, 0.15) is 22.8 Å². The van der Waals surface area contributed by atoms with Crippen molar-refractivity contribution in [1.82, 2.24) is 15.0 Å². The Kier molecular flexibility index (Phi) is 4.99. The molecule has 0 amide bonds. The van der Waals surface area contributed by atoms with Gasteiger partial charge in [0.1, 0.15) is 11.4 Å². The van der Waals surface area contributed by atoms with E-state index in [0.29, 0.717) is 10.9 Å². The van der Waals surface area contributed by atoms with E-state index in [-0.39, 0.29) is 23.5 Å². The lowest BCUT2D eigenvalue weighted by molar-refractivity contribution is 0.0526. The van der Waals surface area contributed by atoms with Crippen LogP contribution in [0.3, 0.4) is 0 Å². The van der Waals surface area contributed by atoms with E-state index < -0.39 is 5.97 Å². The van der Waals surface area contributed by atoms with Gasteiger partial charge in [0.2, 0.25) is 5.56 Å². The van der Waals surface area contributed by atoms with Crippen LogP contribution >= 0.6 is 11.8 Å². The van der Waals surface area contributed by atoms with E-state index in [2.05, 4.69) is 15.0 Å². The molecule has 0 aliphatic heterocycles. The number of aromatic nitrogens is 3. The highest BCUT2D eigenvalue weighted by molar-refractivity contribution is 7.98. The number of hydrogen-bond donors (Lipinski definition) is 2. The molecular formula is C17H16N4O3S. The summed E-state index contributed by atoms with van der Waals surface area (Å²) >= 11 is 1.34. The maximum absolute atomic E-state index is 11.8. The number of nitrogen functional groups attached to an aromatic ring is 1. The average Bonchev–Trinajstić information content (AvgIpc) is 2.59. The Labute approximate surface area is 147 Å². The highest BCUT2D eigenvalue weighted by Crippen LogP contribution is 2.24. The van der Waals surface area contributed by atoms with Crippen molar-refractivity contribution in [2.75, 3.05) is 12.3 Å². The molecule has 7 nitrogen and oxygen atoms in total. The van der Waals surface area contributed by atoms with Gasteiger partial charge in [0, 0.05) is 28.9 Å². The number of nitrogens with zero attached hydrogens (tertiary/aromatic N) is 2. The number of H-pyrrole nitrogens is 1. The molecule has 0 aliphatic rings. The number of nitrogens with one attached hydrogen (secondary N) is 1. The summed E-state index contributed by atoms with van der Waals surface area (Å²) in [6, 6.07) is 9.14. The molecule has 2 heterocycles. The third kappa shape index (κ3) is 3.80. The molecule has 0 spiro atoms. The predicted molar refractivity (Wildman–Crippen MR) is 96.5 cm³/mol. The SMILES string of the molecule is CCOC(=O)c1cnc(SCc2cc(=O)[nH]c3ccccc23)nc1N. The van der Waals surface area contributed by atoms with Crippen molar-refractivity contribution in [1.29, 1.82) is 0 Å². The van der Waals surface area contributed by atoms with Crippen molar-refractivity contribution in [2.45, 2.75) is 17.8 Å². The first-order chi connectivity index (χ1) is 12.1. The molecule has 25 heavy (non-hydrogen) atoms. The molecule has 8 heteroatoms. The standard InChI is InChI=1S/C17H16N4O3S/c1-2-24-16(23)12-8-19-17(21-15(12)18)25-9-10-7-14(22)20-13-6-4-3-5-11(10)13/h3-8H,2,9H2,1H3,(H,20,22)(H2,18,19,21). The van der Waals surface area contributed by atoms with Crippen LogP contribution in [0.15, 0.2) is 46.5 Å². The molecule has 2 aromatic heterocycles. The van der Waals surface area contributed by atoms with Gasteiger partial charge < -0.3 is 15.5 Å². The van der Waals surface area contributed by atoms with Crippen LogP contribution in [0.4, 0.5) is 5.82 Å². The van der Waals surface area contributed by atoms with Crippen LogP contribution in [0, 0.1) is 0 Å². The fourth-order valence-corrected chi connectivity index (χ4v) is 3.17. The highest BCUT2D eigenvalue weighted by Gasteiger charge is 2.14. The van der Waals surface area contributed by atoms with Gasteiger partial charge in [0.25, 0.3) is 0 Å². The Morgan fingerprint density at radius 3 is 2.92 bits per heavy atom. The maximum atomic E-state index is 11.8. The van der Waals surface area contributed by atoms with Crippen LogP contribution in [0.2, 0.25) is 0 Å². The van der Waals surface area contributed by atoms with Gasteiger partial charge >= 0.3 is 5.97 Å². The van der Waals surface area contributed by atoms with Gasteiger partial charge in [0.15, 0.2) is 5.16 Å². The number of pyridine rings is 1. The Morgan fingerprint density at radius 2 is 2.16 bits per heavy atom. The zero-order chi connectivity index (χ0) is 17.8. The smallest absolute Gasteiger partial charge is 0.343 e. The number of anilines is 1.